The monoisotopic (exact) mass is 508 g/mol. The molecule has 11 nitrogen and oxygen atoms in total. The number of rotatable bonds is 10. The van der Waals surface area contributed by atoms with E-state index in [-0.39, 0.29) is 43.5 Å². The number of piperazine rings is 1. The van der Waals surface area contributed by atoms with E-state index in [0.717, 1.165) is 19.1 Å². The molecule has 1 N–H and O–H groups in total. The van der Waals surface area contributed by atoms with Gasteiger partial charge in [-0.15, -0.1) is 0 Å². The molecule has 1 aromatic carbocycles. The molecule has 2 aliphatic rings. The van der Waals surface area contributed by atoms with Crippen molar-refractivity contribution >= 4 is 22.0 Å². The van der Waals surface area contributed by atoms with Crippen LogP contribution in [0.2, 0.25) is 0 Å². The van der Waals surface area contributed by atoms with Crippen LogP contribution in [0.1, 0.15) is 24.8 Å². The number of carbonyl (C=O) groups excluding carboxylic acids is 2. The van der Waals surface area contributed by atoms with Crippen LogP contribution in [0.4, 0.5) is 9.59 Å². The molecular weight excluding hydrogens is 476 g/mol. The summed E-state index contributed by atoms with van der Waals surface area (Å²) in [5, 5.41) is 11.8. The maximum absolute atomic E-state index is 12.5. The highest BCUT2D eigenvalue weighted by Crippen LogP contribution is 2.30. The number of nitriles is 1. The van der Waals surface area contributed by atoms with Gasteiger partial charge in [0.05, 0.1) is 37.1 Å². The van der Waals surface area contributed by atoms with Crippen LogP contribution < -0.4 is 10.1 Å². The van der Waals surface area contributed by atoms with Gasteiger partial charge in [-0.05, 0) is 43.5 Å². The third-order valence-electron chi connectivity index (χ3n) is 6.15. The Kier molecular flexibility index (Phi) is 9.17. The molecule has 35 heavy (non-hydrogen) atoms. The smallest absolute Gasteiger partial charge is 0.409 e. The Bertz CT molecular complexity index is 1010. The third-order valence-corrected chi connectivity index (χ3v) is 7.18. The Labute approximate surface area is 205 Å². The van der Waals surface area contributed by atoms with Crippen molar-refractivity contribution < 1.29 is 32.2 Å². The van der Waals surface area contributed by atoms with Crippen LogP contribution in [0.3, 0.4) is 0 Å². The third kappa shape index (κ3) is 8.00. The number of ether oxygens (including phenoxy) is 3. The second-order valence-electron chi connectivity index (χ2n) is 8.86. The van der Waals surface area contributed by atoms with Crippen molar-refractivity contribution in [1.82, 2.24) is 15.1 Å². The van der Waals surface area contributed by atoms with Crippen LogP contribution in [0.15, 0.2) is 24.3 Å². The number of hydrogen-bond donors (Lipinski definition) is 1. The molecule has 0 aromatic heterocycles. The number of likely N-dealkylation sites (tertiary alicyclic amines) is 1. The normalized spacial score (nSPS) is 20.5. The number of alkyl carbamates (subject to hydrolysis) is 1. The molecule has 1 aromatic rings. The first kappa shape index (κ1) is 26.6. The average Bonchev–Trinajstić information content (AvgIpc) is 3.05. The summed E-state index contributed by atoms with van der Waals surface area (Å²) in [5.74, 6) is 0.574. The van der Waals surface area contributed by atoms with E-state index >= 15 is 0 Å². The number of methoxy groups -OCH3 is 1. The Morgan fingerprint density at radius 2 is 1.86 bits per heavy atom. The standard InChI is InChI=1S/C23H32N4O7S/c1-32-22(28)25-18(16-34-21-8-4-17(12-24)5-9-21)13-27-19-6-7-20(27)15-26(14-19)23(29)33-10-3-11-35(2,30)31/h4-5,8-9,18-20H,3,6-7,10-11,13-16H2,1-2H3,(H,25,28). The first-order valence-corrected chi connectivity index (χ1v) is 13.6. The van der Waals surface area contributed by atoms with E-state index in [0.29, 0.717) is 30.9 Å². The summed E-state index contributed by atoms with van der Waals surface area (Å²) in [6, 6.07) is 8.69. The minimum absolute atomic E-state index is 0.0154. The van der Waals surface area contributed by atoms with Gasteiger partial charge >= 0.3 is 12.2 Å². The van der Waals surface area contributed by atoms with E-state index in [1.165, 1.54) is 7.11 Å². The van der Waals surface area contributed by atoms with Crippen molar-refractivity contribution in [2.24, 2.45) is 0 Å². The van der Waals surface area contributed by atoms with Crippen molar-refractivity contribution in [2.75, 3.05) is 52.0 Å². The molecule has 2 heterocycles. The van der Waals surface area contributed by atoms with E-state index in [9.17, 15) is 18.0 Å². The lowest BCUT2D eigenvalue weighted by Gasteiger charge is -2.41. The van der Waals surface area contributed by atoms with Gasteiger partial charge in [-0.25, -0.2) is 18.0 Å². The lowest BCUT2D eigenvalue weighted by atomic mass is 10.1. The number of hydrogen-bond acceptors (Lipinski definition) is 9. The molecule has 2 fully saturated rings. The van der Waals surface area contributed by atoms with E-state index < -0.39 is 22.0 Å². The Hall–Kier alpha value is -3.04. The molecule has 2 aliphatic heterocycles. The predicted octanol–water partition coefficient (Wildman–Crippen LogP) is 1.38. The molecule has 0 radical (unpaired) electrons. The molecule has 2 bridgehead atoms. The second kappa shape index (κ2) is 12.1. The fourth-order valence-corrected chi connectivity index (χ4v) is 5.09. The summed E-state index contributed by atoms with van der Waals surface area (Å²) < 4.78 is 38.3. The minimum atomic E-state index is -3.08. The Morgan fingerprint density at radius 1 is 1.20 bits per heavy atom. The van der Waals surface area contributed by atoms with E-state index in [1.54, 1.807) is 29.2 Å². The summed E-state index contributed by atoms with van der Waals surface area (Å²) in [6.45, 7) is 1.81. The van der Waals surface area contributed by atoms with Gasteiger partial charge in [0, 0.05) is 38.0 Å². The maximum Gasteiger partial charge on any atom is 0.409 e. The van der Waals surface area contributed by atoms with Crippen LogP contribution >= 0.6 is 0 Å². The van der Waals surface area contributed by atoms with Crippen molar-refractivity contribution in [3.63, 3.8) is 0 Å². The number of sulfone groups is 1. The van der Waals surface area contributed by atoms with Crippen LogP contribution in [-0.4, -0.2) is 100 Å². The lowest BCUT2D eigenvalue weighted by molar-refractivity contribution is 0.0383. The highest BCUT2D eigenvalue weighted by Gasteiger charge is 2.42. The molecule has 0 spiro atoms. The van der Waals surface area contributed by atoms with Gasteiger partial charge in [0.25, 0.3) is 0 Å². The molecule has 2 saturated heterocycles. The molecule has 3 unspecified atom stereocenters. The summed E-state index contributed by atoms with van der Waals surface area (Å²) in [4.78, 5) is 28.4. The summed E-state index contributed by atoms with van der Waals surface area (Å²) >= 11 is 0. The zero-order valence-corrected chi connectivity index (χ0v) is 20.8. The van der Waals surface area contributed by atoms with Crippen LogP contribution in [0, 0.1) is 11.3 Å². The molecule has 2 amide bonds. The molecule has 3 rings (SSSR count). The zero-order valence-electron chi connectivity index (χ0n) is 20.0. The average molecular weight is 509 g/mol. The fraction of sp³-hybridized carbons (Fsp3) is 0.609. The topological polar surface area (TPSA) is 138 Å². The van der Waals surface area contributed by atoms with Gasteiger partial charge in [0.1, 0.15) is 22.2 Å². The summed E-state index contributed by atoms with van der Waals surface area (Å²) in [7, 11) is -1.78. The Morgan fingerprint density at radius 3 is 2.43 bits per heavy atom. The molecule has 0 saturated carbocycles. The van der Waals surface area contributed by atoms with Crippen LogP contribution in [0.25, 0.3) is 0 Å². The predicted molar refractivity (Wildman–Crippen MR) is 127 cm³/mol. The van der Waals surface area contributed by atoms with Crippen molar-refractivity contribution in [3.8, 4) is 11.8 Å². The van der Waals surface area contributed by atoms with Gasteiger partial charge in [-0.1, -0.05) is 0 Å². The fourth-order valence-electron chi connectivity index (χ4n) is 4.45. The van der Waals surface area contributed by atoms with Gasteiger partial charge in [-0.3, -0.25) is 4.90 Å². The SMILES string of the molecule is COC(=O)NC(COc1ccc(C#N)cc1)CN1C2CCC1CN(C(=O)OCCCS(C)(=O)=O)C2. The van der Waals surface area contributed by atoms with E-state index in [2.05, 4.69) is 16.3 Å². The maximum atomic E-state index is 12.5. The summed E-state index contributed by atoms with van der Waals surface area (Å²) in [6.07, 6.45) is 2.29. The molecule has 0 aliphatic carbocycles. The number of nitrogens with zero attached hydrogens (tertiary/aromatic N) is 3. The van der Waals surface area contributed by atoms with Crippen molar-refractivity contribution in [3.05, 3.63) is 29.8 Å². The number of nitrogens with one attached hydrogen (secondary N) is 1. The number of benzene rings is 1. The second-order valence-corrected chi connectivity index (χ2v) is 11.1. The molecule has 3 atom stereocenters. The highest BCUT2D eigenvalue weighted by molar-refractivity contribution is 7.90. The van der Waals surface area contributed by atoms with Crippen LogP contribution in [-0.2, 0) is 19.3 Å². The van der Waals surface area contributed by atoms with Crippen LogP contribution in [0.5, 0.6) is 5.75 Å². The van der Waals surface area contributed by atoms with Gasteiger partial charge in [0.15, 0.2) is 0 Å². The first-order valence-electron chi connectivity index (χ1n) is 11.5. The summed E-state index contributed by atoms with van der Waals surface area (Å²) in [5.41, 5.74) is 0.532. The lowest BCUT2D eigenvalue weighted by Crippen LogP contribution is -2.59. The number of fused-ring (bicyclic) bond motifs is 2. The van der Waals surface area contributed by atoms with Gasteiger partial charge < -0.3 is 24.4 Å². The molecule has 192 valence electrons. The largest absolute Gasteiger partial charge is 0.491 e. The Balaban J connectivity index is 1.54. The van der Waals surface area contributed by atoms with E-state index in [4.69, 9.17) is 19.5 Å². The molecule has 12 heteroatoms. The number of carbonyl (C=O) groups is 2. The zero-order chi connectivity index (χ0) is 25.4. The van der Waals surface area contributed by atoms with Crippen molar-refractivity contribution in [1.29, 1.82) is 5.26 Å². The molecular formula is C23H32N4O7S. The van der Waals surface area contributed by atoms with Gasteiger partial charge in [0.2, 0.25) is 0 Å². The quantitative estimate of drug-likeness (QED) is 0.464. The minimum Gasteiger partial charge on any atom is -0.491 e. The van der Waals surface area contributed by atoms with E-state index in [1.807, 2.05) is 0 Å². The number of amides is 2. The van der Waals surface area contributed by atoms with Gasteiger partial charge in [-0.2, -0.15) is 5.26 Å². The van der Waals surface area contributed by atoms with Crippen molar-refractivity contribution in [2.45, 2.75) is 37.4 Å². The first-order chi connectivity index (χ1) is 16.7. The highest BCUT2D eigenvalue weighted by atomic mass is 32.2.